The zero-order valence-electron chi connectivity index (χ0n) is 18.6. The Labute approximate surface area is 204 Å². The normalized spacial score (nSPS) is 11.4. The van der Waals surface area contributed by atoms with Crippen LogP contribution in [0.1, 0.15) is 5.56 Å². The Morgan fingerprint density at radius 1 is 0.618 bits per heavy atom. The van der Waals surface area contributed by atoms with Crippen molar-refractivity contribution in [2.24, 2.45) is 0 Å². The van der Waals surface area contributed by atoms with Gasteiger partial charge in [0.15, 0.2) is 0 Å². The zero-order valence-corrected chi connectivity index (χ0v) is 20.2. The fraction of sp³-hybridized carbons (Fsp3) is 0.0345. The van der Waals surface area contributed by atoms with E-state index in [0.29, 0.717) is 15.5 Å². The molecular formula is C29H23NO2S2. The van der Waals surface area contributed by atoms with Crippen LogP contribution >= 0.6 is 11.8 Å². The van der Waals surface area contributed by atoms with Crippen molar-refractivity contribution < 1.29 is 8.42 Å². The monoisotopic (exact) mass is 481 g/mol. The van der Waals surface area contributed by atoms with Gasteiger partial charge < -0.3 is 4.98 Å². The minimum absolute atomic E-state index is 0.281. The fourth-order valence-corrected chi connectivity index (χ4v) is 6.84. The average Bonchev–Trinajstić information content (AvgIpc) is 3.26. The molecule has 0 saturated heterocycles. The molecule has 0 fully saturated rings. The van der Waals surface area contributed by atoms with Crippen LogP contribution in [0, 0.1) is 6.92 Å². The van der Waals surface area contributed by atoms with Crippen molar-refractivity contribution in [2.45, 2.75) is 26.5 Å². The van der Waals surface area contributed by atoms with Gasteiger partial charge in [-0.15, -0.1) is 0 Å². The van der Waals surface area contributed by atoms with Gasteiger partial charge in [-0.05, 0) is 42.3 Å². The second-order valence-corrected chi connectivity index (χ2v) is 11.0. The third-order valence-corrected chi connectivity index (χ3v) is 8.69. The summed E-state index contributed by atoms with van der Waals surface area (Å²) in [5, 5.41) is 0. The molecule has 0 bridgehead atoms. The smallest absolute Gasteiger partial charge is 0.209 e. The van der Waals surface area contributed by atoms with E-state index in [0.717, 1.165) is 27.3 Å². The van der Waals surface area contributed by atoms with Crippen LogP contribution in [0.2, 0.25) is 0 Å². The number of rotatable bonds is 6. The number of aromatic amines is 1. The number of aromatic nitrogens is 1. The first-order valence-electron chi connectivity index (χ1n) is 11.0. The highest BCUT2D eigenvalue weighted by Gasteiger charge is 2.31. The molecule has 0 amide bonds. The molecule has 1 aromatic heterocycles. The van der Waals surface area contributed by atoms with E-state index >= 15 is 0 Å². The van der Waals surface area contributed by atoms with Crippen LogP contribution in [-0.4, -0.2) is 13.4 Å². The Morgan fingerprint density at radius 2 is 1.12 bits per heavy atom. The van der Waals surface area contributed by atoms with Crippen molar-refractivity contribution in [3.63, 3.8) is 0 Å². The van der Waals surface area contributed by atoms with Gasteiger partial charge in [-0.2, -0.15) is 0 Å². The summed E-state index contributed by atoms with van der Waals surface area (Å²) in [4.78, 5) is 5.74. The van der Waals surface area contributed by atoms with Crippen LogP contribution in [0.25, 0.3) is 22.5 Å². The lowest BCUT2D eigenvalue weighted by atomic mass is 10.1. The summed E-state index contributed by atoms with van der Waals surface area (Å²) in [6.45, 7) is 1.95. The van der Waals surface area contributed by atoms with E-state index in [1.165, 1.54) is 11.8 Å². The molecule has 4 aromatic carbocycles. The molecular weight excluding hydrogens is 458 g/mol. The molecule has 1 N–H and O–H groups in total. The summed E-state index contributed by atoms with van der Waals surface area (Å²) in [6.07, 6.45) is 0. The molecule has 0 atom stereocenters. The standard InChI is InChI=1S/C29H23NO2S2/c1-21-17-19-25(20-18-21)34(31,32)29-27(23-13-7-3-8-14-23)30-26(22-11-5-2-6-12-22)28(29)33-24-15-9-4-10-16-24/h2-20,30H,1H3. The van der Waals surface area contributed by atoms with E-state index in [1.54, 1.807) is 12.1 Å². The Hall–Kier alpha value is -3.54. The van der Waals surface area contributed by atoms with Crippen LogP contribution in [0.15, 0.2) is 135 Å². The van der Waals surface area contributed by atoms with Crippen molar-refractivity contribution in [3.05, 3.63) is 121 Å². The van der Waals surface area contributed by atoms with Gasteiger partial charge in [0.05, 0.1) is 21.2 Å². The zero-order chi connectivity index (χ0) is 23.5. The Bertz CT molecular complexity index is 1510. The summed E-state index contributed by atoms with van der Waals surface area (Å²) in [6, 6.07) is 36.4. The van der Waals surface area contributed by atoms with Gasteiger partial charge >= 0.3 is 0 Å². The predicted molar refractivity (Wildman–Crippen MR) is 139 cm³/mol. The summed E-state index contributed by atoms with van der Waals surface area (Å²) in [7, 11) is -3.82. The summed E-state index contributed by atoms with van der Waals surface area (Å²) in [5.41, 5.74) is 4.16. The molecule has 0 radical (unpaired) electrons. The first-order valence-corrected chi connectivity index (χ1v) is 13.3. The largest absolute Gasteiger partial charge is 0.352 e. The molecule has 0 saturated carbocycles. The fourth-order valence-electron chi connectivity index (χ4n) is 3.88. The van der Waals surface area contributed by atoms with Crippen molar-refractivity contribution in [2.75, 3.05) is 0 Å². The number of aryl methyl sites for hydroxylation is 1. The Kier molecular flexibility index (Phi) is 6.14. The highest BCUT2D eigenvalue weighted by atomic mass is 32.2. The van der Waals surface area contributed by atoms with Crippen molar-refractivity contribution in [3.8, 4) is 22.5 Å². The van der Waals surface area contributed by atoms with Crippen LogP contribution < -0.4 is 0 Å². The van der Waals surface area contributed by atoms with Gasteiger partial charge in [-0.25, -0.2) is 8.42 Å². The van der Waals surface area contributed by atoms with Gasteiger partial charge in [0, 0.05) is 4.90 Å². The molecule has 5 heteroatoms. The minimum Gasteiger partial charge on any atom is -0.352 e. The molecule has 34 heavy (non-hydrogen) atoms. The Balaban J connectivity index is 1.83. The topological polar surface area (TPSA) is 49.9 Å². The predicted octanol–water partition coefficient (Wildman–Crippen LogP) is 7.64. The molecule has 5 rings (SSSR count). The third-order valence-electron chi connectivity index (χ3n) is 5.60. The molecule has 1 heterocycles. The summed E-state index contributed by atoms with van der Waals surface area (Å²) < 4.78 is 28.3. The maximum atomic E-state index is 14.2. The van der Waals surface area contributed by atoms with Crippen molar-refractivity contribution in [1.29, 1.82) is 0 Å². The maximum absolute atomic E-state index is 14.2. The third kappa shape index (κ3) is 4.32. The molecule has 3 nitrogen and oxygen atoms in total. The van der Waals surface area contributed by atoms with Gasteiger partial charge in [0.25, 0.3) is 0 Å². The number of hydrogen-bond acceptors (Lipinski definition) is 3. The molecule has 5 aromatic rings. The second-order valence-electron chi connectivity index (χ2n) is 8.00. The van der Waals surface area contributed by atoms with Crippen LogP contribution in [-0.2, 0) is 9.84 Å². The Morgan fingerprint density at radius 3 is 1.68 bits per heavy atom. The van der Waals surface area contributed by atoms with E-state index < -0.39 is 9.84 Å². The van der Waals surface area contributed by atoms with Gasteiger partial charge in [-0.3, -0.25) is 0 Å². The number of hydrogen-bond donors (Lipinski definition) is 1. The second kappa shape index (κ2) is 9.37. The number of benzene rings is 4. The highest BCUT2D eigenvalue weighted by molar-refractivity contribution is 8.00. The van der Waals surface area contributed by atoms with E-state index in [2.05, 4.69) is 4.98 Å². The van der Waals surface area contributed by atoms with E-state index in [4.69, 9.17) is 0 Å². The van der Waals surface area contributed by atoms with Gasteiger partial charge in [0.1, 0.15) is 4.90 Å². The van der Waals surface area contributed by atoms with Crippen LogP contribution in [0.3, 0.4) is 0 Å². The molecule has 0 unspecified atom stereocenters. The summed E-state index contributed by atoms with van der Waals surface area (Å²) >= 11 is 1.47. The first-order chi connectivity index (χ1) is 16.5. The SMILES string of the molecule is Cc1ccc(S(=O)(=O)c2c(-c3ccccc3)[nH]c(-c3ccccc3)c2Sc2ccccc2)cc1. The molecule has 168 valence electrons. The average molecular weight is 482 g/mol. The van der Waals surface area contributed by atoms with Crippen molar-refractivity contribution >= 4 is 21.6 Å². The van der Waals surface area contributed by atoms with Crippen molar-refractivity contribution in [1.82, 2.24) is 4.98 Å². The lowest BCUT2D eigenvalue weighted by Crippen LogP contribution is -2.04. The van der Waals surface area contributed by atoms with Crippen LogP contribution in [0.5, 0.6) is 0 Å². The highest BCUT2D eigenvalue weighted by Crippen LogP contribution is 2.46. The number of nitrogens with one attached hydrogen (secondary N) is 1. The quantitative estimate of drug-likeness (QED) is 0.271. The van der Waals surface area contributed by atoms with E-state index in [9.17, 15) is 8.42 Å². The lowest BCUT2D eigenvalue weighted by Gasteiger charge is -2.11. The maximum Gasteiger partial charge on any atom is 0.209 e. The van der Waals surface area contributed by atoms with Gasteiger partial charge in [0.2, 0.25) is 9.84 Å². The molecule has 0 spiro atoms. The van der Waals surface area contributed by atoms with E-state index in [1.807, 2.05) is 110 Å². The first kappa shape index (κ1) is 22.3. The van der Waals surface area contributed by atoms with Crippen LogP contribution in [0.4, 0.5) is 0 Å². The molecule has 0 aliphatic rings. The molecule has 0 aliphatic carbocycles. The molecule has 0 aliphatic heterocycles. The number of sulfone groups is 1. The number of H-pyrrole nitrogens is 1. The van der Waals surface area contributed by atoms with E-state index in [-0.39, 0.29) is 4.90 Å². The summed E-state index contributed by atoms with van der Waals surface area (Å²) in [5.74, 6) is 0. The van der Waals surface area contributed by atoms with Gasteiger partial charge in [-0.1, -0.05) is 108 Å². The minimum atomic E-state index is -3.82. The lowest BCUT2D eigenvalue weighted by molar-refractivity contribution is 0.595.